The van der Waals surface area contributed by atoms with Crippen molar-refractivity contribution in [1.82, 2.24) is 5.32 Å². The number of anilines is 1. The first-order valence-electron chi connectivity index (χ1n) is 6.79. The molecule has 0 fully saturated rings. The van der Waals surface area contributed by atoms with Crippen LogP contribution in [-0.2, 0) is 21.2 Å². The van der Waals surface area contributed by atoms with Crippen LogP contribution in [0.2, 0.25) is 0 Å². The summed E-state index contributed by atoms with van der Waals surface area (Å²) in [6.45, 7) is -0.0115. The highest BCUT2D eigenvalue weighted by Gasteiger charge is 2.19. The molecule has 0 bridgehead atoms. The van der Waals surface area contributed by atoms with Gasteiger partial charge in [-0.2, -0.15) is 0 Å². The smallest absolute Gasteiger partial charge is 0.293 e. The second-order valence-electron chi connectivity index (χ2n) is 4.92. The Labute approximate surface area is 137 Å². The molecular formula is C14H15N3O6S. The summed E-state index contributed by atoms with van der Waals surface area (Å²) < 4.78 is 28.0. The molecule has 0 aliphatic carbocycles. The number of hydrogen-bond acceptors (Lipinski definition) is 7. The van der Waals surface area contributed by atoms with E-state index in [1.54, 1.807) is 12.1 Å². The third-order valence-corrected chi connectivity index (χ3v) is 4.18. The molecule has 1 amide bonds. The topological polar surface area (TPSA) is 132 Å². The van der Waals surface area contributed by atoms with Gasteiger partial charge in [-0.3, -0.25) is 14.9 Å². The molecule has 0 radical (unpaired) electrons. The summed E-state index contributed by atoms with van der Waals surface area (Å²) in [7, 11) is -3.56. The number of nitrogens with zero attached hydrogens (tertiary/aromatic N) is 1. The predicted molar refractivity (Wildman–Crippen MR) is 85.3 cm³/mol. The van der Waals surface area contributed by atoms with Gasteiger partial charge < -0.3 is 15.1 Å². The fraction of sp³-hybridized carbons (Fsp3) is 0.214. The lowest BCUT2D eigenvalue weighted by atomic mass is 10.2. The third kappa shape index (κ3) is 4.56. The summed E-state index contributed by atoms with van der Waals surface area (Å²) in [6, 6.07) is 6.84. The van der Waals surface area contributed by atoms with Crippen molar-refractivity contribution in [2.24, 2.45) is 0 Å². The standard InChI is InChI=1S/C14H15N3O6S/c1-24(21,22)11-4-5-12(13(7-11)17(19)20)15-9-14(18)16-8-10-3-2-6-23-10/h2-7,15H,8-9H2,1H3,(H,16,18). The van der Waals surface area contributed by atoms with Gasteiger partial charge in [0.25, 0.3) is 5.69 Å². The van der Waals surface area contributed by atoms with Gasteiger partial charge in [0.1, 0.15) is 11.4 Å². The number of sulfone groups is 1. The van der Waals surface area contributed by atoms with E-state index in [2.05, 4.69) is 10.6 Å². The fourth-order valence-electron chi connectivity index (χ4n) is 1.88. The van der Waals surface area contributed by atoms with Crippen LogP contribution in [-0.4, -0.2) is 32.0 Å². The molecule has 128 valence electrons. The Morgan fingerprint density at radius 3 is 2.67 bits per heavy atom. The van der Waals surface area contributed by atoms with E-state index in [1.807, 2.05) is 0 Å². The van der Waals surface area contributed by atoms with Gasteiger partial charge in [0.15, 0.2) is 9.84 Å². The molecular weight excluding hydrogens is 338 g/mol. The second-order valence-corrected chi connectivity index (χ2v) is 6.93. The lowest BCUT2D eigenvalue weighted by molar-refractivity contribution is -0.384. The van der Waals surface area contributed by atoms with E-state index >= 15 is 0 Å². The van der Waals surface area contributed by atoms with Gasteiger partial charge in [0.2, 0.25) is 5.91 Å². The van der Waals surface area contributed by atoms with Crippen molar-refractivity contribution < 1.29 is 22.6 Å². The Morgan fingerprint density at radius 2 is 2.08 bits per heavy atom. The van der Waals surface area contributed by atoms with E-state index in [-0.39, 0.29) is 23.7 Å². The van der Waals surface area contributed by atoms with Crippen molar-refractivity contribution in [3.8, 4) is 0 Å². The van der Waals surface area contributed by atoms with E-state index in [0.29, 0.717) is 5.76 Å². The largest absolute Gasteiger partial charge is 0.467 e. The Hall–Kier alpha value is -2.88. The number of benzene rings is 1. The van der Waals surface area contributed by atoms with Crippen LogP contribution in [0.4, 0.5) is 11.4 Å². The molecule has 0 aliphatic heterocycles. The van der Waals surface area contributed by atoms with E-state index in [0.717, 1.165) is 12.3 Å². The average molecular weight is 353 g/mol. The van der Waals surface area contributed by atoms with E-state index in [9.17, 15) is 23.3 Å². The van der Waals surface area contributed by atoms with Crippen LogP contribution in [0, 0.1) is 10.1 Å². The van der Waals surface area contributed by atoms with Crippen LogP contribution in [0.15, 0.2) is 45.9 Å². The molecule has 0 unspecified atom stereocenters. The summed E-state index contributed by atoms with van der Waals surface area (Å²) in [4.78, 5) is 21.9. The highest BCUT2D eigenvalue weighted by Crippen LogP contribution is 2.27. The predicted octanol–water partition coefficient (Wildman–Crippen LogP) is 1.32. The number of nitro benzene ring substituents is 1. The molecule has 9 nitrogen and oxygen atoms in total. The van der Waals surface area contributed by atoms with Gasteiger partial charge in [0, 0.05) is 12.3 Å². The first kappa shape index (κ1) is 17.5. The second kappa shape index (κ2) is 7.13. The molecule has 0 saturated heterocycles. The molecule has 1 aromatic heterocycles. The molecule has 2 aromatic rings. The lowest BCUT2D eigenvalue weighted by Gasteiger charge is -2.08. The minimum absolute atomic E-state index is 0.0561. The Bertz CT molecular complexity index is 845. The maximum absolute atomic E-state index is 11.7. The van der Waals surface area contributed by atoms with Crippen LogP contribution in [0.3, 0.4) is 0 Å². The number of hydrogen-bond donors (Lipinski definition) is 2. The number of nitro groups is 1. The summed E-state index contributed by atoms with van der Waals surface area (Å²) in [5.41, 5.74) is -0.364. The maximum Gasteiger partial charge on any atom is 0.293 e. The zero-order valence-electron chi connectivity index (χ0n) is 12.7. The van der Waals surface area contributed by atoms with Crippen LogP contribution in [0.5, 0.6) is 0 Å². The van der Waals surface area contributed by atoms with E-state index in [1.165, 1.54) is 18.4 Å². The first-order valence-corrected chi connectivity index (χ1v) is 8.68. The normalized spacial score (nSPS) is 11.0. The molecule has 1 aromatic carbocycles. The Balaban J connectivity index is 2.03. The van der Waals surface area contributed by atoms with E-state index < -0.39 is 26.4 Å². The molecule has 0 atom stereocenters. The van der Waals surface area contributed by atoms with Crippen molar-refractivity contribution in [1.29, 1.82) is 0 Å². The van der Waals surface area contributed by atoms with Crippen molar-refractivity contribution in [3.05, 3.63) is 52.5 Å². The van der Waals surface area contributed by atoms with Crippen LogP contribution in [0.25, 0.3) is 0 Å². The summed E-state index contributed by atoms with van der Waals surface area (Å²) in [6.07, 6.45) is 2.44. The van der Waals surface area contributed by atoms with Crippen molar-refractivity contribution >= 4 is 27.1 Å². The SMILES string of the molecule is CS(=O)(=O)c1ccc(NCC(=O)NCc2ccco2)c([N+](=O)[O-])c1. The van der Waals surface area contributed by atoms with Crippen LogP contribution in [0.1, 0.15) is 5.76 Å². The van der Waals surface area contributed by atoms with Crippen LogP contribution < -0.4 is 10.6 Å². The summed E-state index contributed by atoms with van der Waals surface area (Å²) in [5.74, 6) is 0.180. The molecule has 10 heteroatoms. The molecule has 0 spiro atoms. The minimum Gasteiger partial charge on any atom is -0.467 e. The zero-order valence-corrected chi connectivity index (χ0v) is 13.5. The molecule has 0 aliphatic rings. The van der Waals surface area contributed by atoms with Crippen molar-refractivity contribution in [2.75, 3.05) is 18.1 Å². The van der Waals surface area contributed by atoms with Crippen LogP contribution >= 0.6 is 0 Å². The third-order valence-electron chi connectivity index (χ3n) is 3.07. The average Bonchev–Trinajstić information content (AvgIpc) is 3.03. The van der Waals surface area contributed by atoms with Gasteiger partial charge in [-0.15, -0.1) is 0 Å². The molecule has 24 heavy (non-hydrogen) atoms. The summed E-state index contributed by atoms with van der Waals surface area (Å²) in [5, 5.41) is 16.3. The number of carbonyl (C=O) groups excluding carboxylic acids is 1. The van der Waals surface area contributed by atoms with E-state index in [4.69, 9.17) is 4.42 Å². The molecule has 1 heterocycles. The highest BCUT2D eigenvalue weighted by atomic mass is 32.2. The fourth-order valence-corrected chi connectivity index (χ4v) is 2.52. The maximum atomic E-state index is 11.7. The zero-order chi connectivity index (χ0) is 17.7. The molecule has 2 N–H and O–H groups in total. The lowest BCUT2D eigenvalue weighted by Crippen LogP contribution is -2.29. The van der Waals surface area contributed by atoms with Gasteiger partial charge in [-0.05, 0) is 24.3 Å². The number of amides is 1. The Morgan fingerprint density at radius 1 is 1.33 bits per heavy atom. The van der Waals surface area contributed by atoms with Gasteiger partial charge in [-0.25, -0.2) is 8.42 Å². The quantitative estimate of drug-likeness (QED) is 0.567. The number of carbonyl (C=O) groups is 1. The monoisotopic (exact) mass is 353 g/mol. The minimum atomic E-state index is -3.56. The van der Waals surface area contributed by atoms with Gasteiger partial charge in [0.05, 0.1) is 29.2 Å². The highest BCUT2D eigenvalue weighted by molar-refractivity contribution is 7.90. The first-order chi connectivity index (χ1) is 11.3. The molecule has 0 saturated carbocycles. The number of nitrogens with one attached hydrogen (secondary N) is 2. The van der Waals surface area contributed by atoms with Crippen molar-refractivity contribution in [3.63, 3.8) is 0 Å². The molecule has 2 rings (SSSR count). The summed E-state index contributed by atoms with van der Waals surface area (Å²) >= 11 is 0. The van der Waals surface area contributed by atoms with Gasteiger partial charge >= 0.3 is 0 Å². The van der Waals surface area contributed by atoms with Gasteiger partial charge in [-0.1, -0.05) is 0 Å². The number of rotatable bonds is 7. The van der Waals surface area contributed by atoms with Crippen molar-refractivity contribution in [2.45, 2.75) is 11.4 Å². The Kier molecular flexibility index (Phi) is 5.19. The number of furan rings is 1.